The van der Waals surface area contributed by atoms with Crippen molar-refractivity contribution in [2.45, 2.75) is 37.8 Å². The number of nitrogens with one attached hydrogen (secondary N) is 2. The second kappa shape index (κ2) is 9.58. The Kier molecular flexibility index (Phi) is 8.10. The van der Waals surface area contributed by atoms with Gasteiger partial charge in [0.05, 0.1) is 47.3 Å². The highest BCUT2D eigenvalue weighted by Crippen LogP contribution is 2.23. The second-order valence-corrected chi connectivity index (χ2v) is 13.0. The standard InChI is InChI=1S/C16H28N2O7S4/c1-15(3-9-28(19,20)11-15)17-13(26)24-7-5-23-6-8-25-14(27)18-16(2)4-10-29(21,22)12-16/h3-12H2,1-2H3,(H,17,26)(H,18,27). The molecule has 2 heterocycles. The predicted octanol–water partition coefficient (Wildman–Crippen LogP) is -0.0604. The number of rotatable bonds is 8. The van der Waals surface area contributed by atoms with Crippen molar-refractivity contribution in [2.24, 2.45) is 0 Å². The van der Waals surface area contributed by atoms with Crippen LogP contribution in [-0.2, 0) is 33.9 Å². The predicted molar refractivity (Wildman–Crippen MR) is 118 cm³/mol. The summed E-state index contributed by atoms with van der Waals surface area (Å²) in [6.45, 7) is 4.59. The van der Waals surface area contributed by atoms with Crippen molar-refractivity contribution in [3.05, 3.63) is 0 Å². The van der Waals surface area contributed by atoms with Gasteiger partial charge in [-0.2, -0.15) is 0 Å². The van der Waals surface area contributed by atoms with E-state index in [1.807, 2.05) is 0 Å². The number of ether oxygens (including phenoxy) is 3. The highest BCUT2D eigenvalue weighted by molar-refractivity contribution is 7.92. The average Bonchev–Trinajstić information content (AvgIpc) is 3.00. The first-order valence-corrected chi connectivity index (χ1v) is 13.7. The van der Waals surface area contributed by atoms with Crippen LogP contribution in [0.1, 0.15) is 26.7 Å². The Morgan fingerprint density at radius 1 is 0.793 bits per heavy atom. The molecule has 0 amide bonds. The highest BCUT2D eigenvalue weighted by Gasteiger charge is 2.40. The fraction of sp³-hybridized carbons (Fsp3) is 0.875. The van der Waals surface area contributed by atoms with Crippen molar-refractivity contribution in [3.63, 3.8) is 0 Å². The van der Waals surface area contributed by atoms with Gasteiger partial charge < -0.3 is 24.8 Å². The van der Waals surface area contributed by atoms with Crippen LogP contribution in [0.5, 0.6) is 0 Å². The van der Waals surface area contributed by atoms with E-state index in [-0.39, 0.29) is 59.8 Å². The molecule has 29 heavy (non-hydrogen) atoms. The van der Waals surface area contributed by atoms with Crippen molar-refractivity contribution in [3.8, 4) is 0 Å². The molecule has 2 N–H and O–H groups in total. The Labute approximate surface area is 183 Å². The van der Waals surface area contributed by atoms with Gasteiger partial charge in [0.25, 0.3) is 10.3 Å². The van der Waals surface area contributed by atoms with Gasteiger partial charge in [0.15, 0.2) is 19.7 Å². The molecule has 2 aliphatic heterocycles. The number of thiocarbonyl (C=S) groups is 2. The van der Waals surface area contributed by atoms with Crippen LogP contribution in [0.4, 0.5) is 0 Å². The molecule has 0 aromatic heterocycles. The normalized spacial score (nSPS) is 29.9. The third-order valence-corrected chi connectivity index (χ3v) is 8.98. The minimum absolute atomic E-state index is 0.0380. The summed E-state index contributed by atoms with van der Waals surface area (Å²) in [5, 5.41) is 6.20. The SMILES string of the molecule is CC1(NC(=S)OCCOCCOC(=S)NC2(C)CCS(=O)(=O)C2)CCS(=O)(=O)C1. The summed E-state index contributed by atoms with van der Waals surface area (Å²) in [5.74, 6) is 0.369. The Hall–Kier alpha value is -0.760. The smallest absolute Gasteiger partial charge is 0.257 e. The van der Waals surface area contributed by atoms with Crippen molar-refractivity contribution in [1.82, 2.24) is 10.6 Å². The van der Waals surface area contributed by atoms with Crippen LogP contribution in [0.2, 0.25) is 0 Å². The van der Waals surface area contributed by atoms with E-state index >= 15 is 0 Å². The van der Waals surface area contributed by atoms with Gasteiger partial charge in [-0.25, -0.2) is 16.8 Å². The Bertz CT molecular complexity index is 762. The lowest BCUT2D eigenvalue weighted by Gasteiger charge is -2.25. The van der Waals surface area contributed by atoms with Gasteiger partial charge in [0, 0.05) is 0 Å². The molecule has 2 saturated heterocycles. The molecule has 2 unspecified atom stereocenters. The molecule has 0 bridgehead atoms. The summed E-state index contributed by atoms with van der Waals surface area (Å²) >= 11 is 10.2. The molecular formula is C16H28N2O7S4. The third kappa shape index (κ3) is 8.48. The molecule has 13 heteroatoms. The molecule has 0 aromatic rings. The second-order valence-electron chi connectivity index (χ2n) is 7.94. The van der Waals surface area contributed by atoms with Crippen molar-refractivity contribution in [2.75, 3.05) is 49.4 Å². The monoisotopic (exact) mass is 488 g/mol. The van der Waals surface area contributed by atoms with E-state index in [1.54, 1.807) is 13.8 Å². The van der Waals surface area contributed by atoms with Crippen LogP contribution >= 0.6 is 24.4 Å². The van der Waals surface area contributed by atoms with E-state index in [4.69, 9.17) is 38.6 Å². The summed E-state index contributed by atoms with van der Waals surface area (Å²) in [7, 11) is -6.04. The van der Waals surface area contributed by atoms with Gasteiger partial charge >= 0.3 is 0 Å². The molecule has 2 atom stereocenters. The zero-order valence-corrected chi connectivity index (χ0v) is 19.8. The first-order valence-electron chi connectivity index (χ1n) is 9.21. The van der Waals surface area contributed by atoms with Crippen molar-refractivity contribution >= 4 is 54.5 Å². The third-order valence-electron chi connectivity index (χ3n) is 4.74. The van der Waals surface area contributed by atoms with Gasteiger partial charge in [-0.3, -0.25) is 0 Å². The van der Waals surface area contributed by atoms with Crippen LogP contribution < -0.4 is 10.6 Å². The zero-order chi connectivity index (χ0) is 21.8. The average molecular weight is 489 g/mol. The first-order chi connectivity index (χ1) is 13.3. The van der Waals surface area contributed by atoms with Crippen LogP contribution in [-0.4, -0.2) is 87.7 Å². The molecule has 0 aromatic carbocycles. The van der Waals surface area contributed by atoms with Gasteiger partial charge in [0.1, 0.15) is 13.2 Å². The van der Waals surface area contributed by atoms with Crippen molar-refractivity contribution in [1.29, 1.82) is 0 Å². The quantitative estimate of drug-likeness (QED) is 0.353. The molecule has 0 aliphatic carbocycles. The van der Waals surface area contributed by atoms with E-state index in [9.17, 15) is 16.8 Å². The van der Waals surface area contributed by atoms with Gasteiger partial charge in [-0.1, -0.05) is 0 Å². The van der Waals surface area contributed by atoms with Crippen LogP contribution in [0.15, 0.2) is 0 Å². The number of sulfone groups is 2. The summed E-state index contributed by atoms with van der Waals surface area (Å²) in [5.41, 5.74) is -1.19. The molecule has 2 aliphatic rings. The Morgan fingerprint density at radius 2 is 1.17 bits per heavy atom. The maximum absolute atomic E-state index is 11.6. The molecule has 0 spiro atoms. The van der Waals surface area contributed by atoms with Crippen LogP contribution in [0, 0.1) is 0 Å². The Morgan fingerprint density at radius 3 is 1.48 bits per heavy atom. The lowest BCUT2D eigenvalue weighted by atomic mass is 10.0. The van der Waals surface area contributed by atoms with Crippen LogP contribution in [0.3, 0.4) is 0 Å². The van der Waals surface area contributed by atoms with E-state index in [1.165, 1.54) is 0 Å². The Balaban J connectivity index is 1.52. The summed E-state index contributed by atoms with van der Waals surface area (Å²) in [4.78, 5) is 0. The minimum Gasteiger partial charge on any atom is -0.469 e. The lowest BCUT2D eigenvalue weighted by Crippen LogP contribution is -2.47. The minimum atomic E-state index is -3.02. The maximum Gasteiger partial charge on any atom is 0.257 e. The van der Waals surface area contributed by atoms with Gasteiger partial charge in [-0.15, -0.1) is 0 Å². The fourth-order valence-electron chi connectivity index (χ4n) is 3.27. The zero-order valence-electron chi connectivity index (χ0n) is 16.6. The number of hydrogen-bond acceptors (Lipinski definition) is 9. The molecule has 0 radical (unpaired) electrons. The molecule has 2 rings (SSSR count). The first kappa shape index (κ1) is 24.5. The van der Waals surface area contributed by atoms with Crippen molar-refractivity contribution < 1.29 is 31.0 Å². The van der Waals surface area contributed by atoms with E-state index in [2.05, 4.69) is 10.6 Å². The molecule has 168 valence electrons. The van der Waals surface area contributed by atoms with E-state index < -0.39 is 30.8 Å². The van der Waals surface area contributed by atoms with Crippen LogP contribution in [0.25, 0.3) is 0 Å². The molecule has 9 nitrogen and oxygen atoms in total. The summed E-state index contributed by atoms with van der Waals surface area (Å²) in [6, 6.07) is 0. The summed E-state index contributed by atoms with van der Waals surface area (Å²) < 4.78 is 62.4. The maximum atomic E-state index is 11.6. The van der Waals surface area contributed by atoms with Gasteiger partial charge in [0.2, 0.25) is 0 Å². The van der Waals surface area contributed by atoms with Gasteiger partial charge in [-0.05, 0) is 51.1 Å². The molecule has 2 fully saturated rings. The lowest BCUT2D eigenvalue weighted by molar-refractivity contribution is 0.0692. The summed E-state index contributed by atoms with van der Waals surface area (Å²) in [6.07, 6.45) is 0.983. The van der Waals surface area contributed by atoms with E-state index in [0.717, 1.165) is 0 Å². The molecular weight excluding hydrogens is 460 g/mol. The number of hydrogen-bond donors (Lipinski definition) is 2. The fourth-order valence-corrected chi connectivity index (χ4v) is 8.12. The highest BCUT2D eigenvalue weighted by atomic mass is 32.2. The van der Waals surface area contributed by atoms with E-state index in [0.29, 0.717) is 12.8 Å². The molecule has 0 saturated carbocycles. The topological polar surface area (TPSA) is 120 Å². The largest absolute Gasteiger partial charge is 0.469 e.